The van der Waals surface area contributed by atoms with Gasteiger partial charge in [-0.25, -0.2) is 9.37 Å². The van der Waals surface area contributed by atoms with Crippen molar-refractivity contribution in [3.63, 3.8) is 0 Å². The van der Waals surface area contributed by atoms with E-state index in [0.29, 0.717) is 23.6 Å². The Morgan fingerprint density at radius 3 is 2.85 bits per heavy atom. The van der Waals surface area contributed by atoms with Crippen molar-refractivity contribution in [3.8, 4) is 11.5 Å². The highest BCUT2D eigenvalue weighted by atomic mass is 19.1. The van der Waals surface area contributed by atoms with E-state index in [9.17, 15) is 9.18 Å². The third kappa shape index (κ3) is 4.53. The van der Waals surface area contributed by atoms with Crippen LogP contribution in [0, 0.1) is 12.7 Å². The maximum atomic E-state index is 13.8. The largest absolute Gasteiger partial charge is 0.441 e. The van der Waals surface area contributed by atoms with Crippen molar-refractivity contribution in [1.29, 1.82) is 0 Å². The molecule has 0 aliphatic heterocycles. The topological polar surface area (TPSA) is 68.0 Å². The van der Waals surface area contributed by atoms with Crippen LogP contribution in [0.1, 0.15) is 23.4 Å². The Kier molecular flexibility index (Phi) is 5.73. The molecule has 0 saturated carbocycles. The normalized spacial score (nSPS) is 10.7. The second-order valence-corrected chi connectivity index (χ2v) is 5.99. The average Bonchev–Trinajstić information content (AvgIpc) is 3.00. The number of nitrogens with zero attached hydrogens (tertiary/aromatic N) is 2. The lowest BCUT2D eigenvalue weighted by Crippen LogP contribution is -2.26. The molecule has 26 heavy (non-hydrogen) atoms. The molecule has 0 spiro atoms. The van der Waals surface area contributed by atoms with Gasteiger partial charge in [-0.1, -0.05) is 18.2 Å². The summed E-state index contributed by atoms with van der Waals surface area (Å²) in [5, 5.41) is 2.87. The van der Waals surface area contributed by atoms with Gasteiger partial charge >= 0.3 is 0 Å². The molecule has 3 aromatic rings. The van der Waals surface area contributed by atoms with E-state index < -0.39 is 5.82 Å². The van der Waals surface area contributed by atoms with Gasteiger partial charge in [0.2, 0.25) is 11.8 Å². The molecule has 3 rings (SSSR count). The summed E-state index contributed by atoms with van der Waals surface area (Å²) >= 11 is 0. The monoisotopic (exact) mass is 353 g/mol. The highest BCUT2D eigenvalue weighted by molar-refractivity contribution is 5.78. The van der Waals surface area contributed by atoms with E-state index in [0.717, 1.165) is 18.4 Å². The number of aryl methyl sites for hydroxylation is 2. The molecule has 0 aliphatic rings. The molecule has 0 bridgehead atoms. The van der Waals surface area contributed by atoms with Gasteiger partial charge in [-0.2, -0.15) is 0 Å². The van der Waals surface area contributed by atoms with Gasteiger partial charge in [0, 0.05) is 18.9 Å². The van der Waals surface area contributed by atoms with Gasteiger partial charge in [-0.15, -0.1) is 0 Å². The zero-order valence-electron chi connectivity index (χ0n) is 14.5. The molecule has 134 valence electrons. The average molecular weight is 353 g/mol. The molecule has 0 unspecified atom stereocenters. The lowest BCUT2D eigenvalue weighted by Gasteiger charge is -2.04. The minimum Gasteiger partial charge on any atom is -0.441 e. The van der Waals surface area contributed by atoms with Gasteiger partial charge < -0.3 is 9.73 Å². The zero-order valence-corrected chi connectivity index (χ0v) is 14.5. The van der Waals surface area contributed by atoms with E-state index in [1.807, 2.05) is 18.3 Å². The number of hydrogen-bond donors (Lipinski definition) is 1. The molecular weight excluding hydrogens is 333 g/mol. The molecule has 6 heteroatoms. The molecular formula is C20H20FN3O2. The van der Waals surface area contributed by atoms with E-state index in [4.69, 9.17) is 4.42 Å². The predicted molar refractivity (Wildman–Crippen MR) is 95.9 cm³/mol. The lowest BCUT2D eigenvalue weighted by molar-refractivity contribution is -0.120. The summed E-state index contributed by atoms with van der Waals surface area (Å²) in [5.74, 6) is 0.182. The standard InChI is InChI=1S/C20H20FN3O2/c1-14-18(24-20(26-14)16-8-2-3-9-17(16)21)12-19(25)23-11-5-7-15-6-4-10-22-13-15/h2-4,6,8-10,13H,5,7,11-12H2,1H3,(H,23,25). The Morgan fingerprint density at radius 2 is 2.08 bits per heavy atom. The summed E-state index contributed by atoms with van der Waals surface area (Å²) in [5.41, 5.74) is 1.95. The SMILES string of the molecule is Cc1oc(-c2ccccc2F)nc1CC(=O)NCCCc1cccnc1. The van der Waals surface area contributed by atoms with Gasteiger partial charge in [0.25, 0.3) is 0 Å². The van der Waals surface area contributed by atoms with Gasteiger partial charge in [0.1, 0.15) is 11.6 Å². The van der Waals surface area contributed by atoms with Crippen LogP contribution in [-0.2, 0) is 17.6 Å². The van der Waals surface area contributed by atoms with E-state index in [1.54, 1.807) is 31.3 Å². The molecule has 0 aliphatic carbocycles. The lowest BCUT2D eigenvalue weighted by atomic mass is 10.1. The number of rotatable bonds is 7. The van der Waals surface area contributed by atoms with E-state index in [-0.39, 0.29) is 18.2 Å². The molecule has 0 radical (unpaired) electrons. The van der Waals surface area contributed by atoms with Crippen LogP contribution in [0.2, 0.25) is 0 Å². The Labute approximate surface area is 151 Å². The van der Waals surface area contributed by atoms with Crippen molar-refractivity contribution in [3.05, 3.63) is 71.6 Å². The van der Waals surface area contributed by atoms with Crippen LogP contribution in [-0.4, -0.2) is 22.4 Å². The Bertz CT molecular complexity index is 878. The highest BCUT2D eigenvalue weighted by Crippen LogP contribution is 2.24. The molecule has 0 atom stereocenters. The van der Waals surface area contributed by atoms with E-state index >= 15 is 0 Å². The van der Waals surface area contributed by atoms with Gasteiger partial charge in [0.05, 0.1) is 17.7 Å². The number of nitrogens with one attached hydrogen (secondary N) is 1. The van der Waals surface area contributed by atoms with Crippen LogP contribution in [0.3, 0.4) is 0 Å². The van der Waals surface area contributed by atoms with Crippen molar-refractivity contribution >= 4 is 5.91 Å². The third-order valence-electron chi connectivity index (χ3n) is 4.01. The highest BCUT2D eigenvalue weighted by Gasteiger charge is 2.16. The fraction of sp³-hybridized carbons (Fsp3) is 0.250. The zero-order chi connectivity index (χ0) is 18.4. The van der Waals surface area contributed by atoms with Crippen LogP contribution in [0.5, 0.6) is 0 Å². The third-order valence-corrected chi connectivity index (χ3v) is 4.01. The number of carbonyl (C=O) groups excluding carboxylic acids is 1. The Morgan fingerprint density at radius 1 is 1.23 bits per heavy atom. The summed E-state index contributed by atoms with van der Waals surface area (Å²) in [6, 6.07) is 10.2. The van der Waals surface area contributed by atoms with E-state index in [2.05, 4.69) is 15.3 Å². The summed E-state index contributed by atoms with van der Waals surface area (Å²) < 4.78 is 19.4. The summed E-state index contributed by atoms with van der Waals surface area (Å²) in [4.78, 5) is 20.5. The molecule has 0 saturated heterocycles. The summed E-state index contributed by atoms with van der Waals surface area (Å²) in [6.07, 6.45) is 5.35. The minimum absolute atomic E-state index is 0.108. The molecule has 2 aromatic heterocycles. The van der Waals surface area contributed by atoms with Crippen molar-refractivity contribution in [1.82, 2.24) is 15.3 Å². The predicted octanol–water partition coefficient (Wildman–Crippen LogP) is 3.48. The fourth-order valence-electron chi connectivity index (χ4n) is 2.62. The summed E-state index contributed by atoms with van der Waals surface area (Å²) in [6.45, 7) is 2.30. The first-order chi connectivity index (χ1) is 12.6. The van der Waals surface area contributed by atoms with E-state index in [1.165, 1.54) is 6.07 Å². The molecule has 5 nitrogen and oxygen atoms in total. The number of aromatic nitrogens is 2. The van der Waals surface area contributed by atoms with Gasteiger partial charge in [-0.3, -0.25) is 9.78 Å². The molecule has 1 aromatic carbocycles. The second-order valence-electron chi connectivity index (χ2n) is 5.99. The van der Waals surface area contributed by atoms with Crippen LogP contribution < -0.4 is 5.32 Å². The number of halogens is 1. The number of amides is 1. The van der Waals surface area contributed by atoms with Crippen molar-refractivity contribution in [2.24, 2.45) is 0 Å². The molecule has 0 fully saturated rings. The Balaban J connectivity index is 1.52. The molecule has 2 heterocycles. The fourth-order valence-corrected chi connectivity index (χ4v) is 2.62. The number of pyridine rings is 1. The number of hydrogen-bond acceptors (Lipinski definition) is 4. The van der Waals surface area contributed by atoms with Crippen LogP contribution in [0.25, 0.3) is 11.5 Å². The summed E-state index contributed by atoms with van der Waals surface area (Å²) in [7, 11) is 0. The number of carbonyl (C=O) groups is 1. The van der Waals surface area contributed by atoms with Crippen molar-refractivity contribution in [2.45, 2.75) is 26.2 Å². The van der Waals surface area contributed by atoms with Crippen molar-refractivity contribution < 1.29 is 13.6 Å². The van der Waals surface area contributed by atoms with Crippen LogP contribution in [0.4, 0.5) is 4.39 Å². The van der Waals surface area contributed by atoms with Crippen LogP contribution >= 0.6 is 0 Å². The minimum atomic E-state index is -0.403. The first-order valence-electron chi connectivity index (χ1n) is 8.50. The van der Waals surface area contributed by atoms with Crippen LogP contribution in [0.15, 0.2) is 53.2 Å². The molecule has 1 amide bonds. The maximum Gasteiger partial charge on any atom is 0.229 e. The quantitative estimate of drug-likeness (QED) is 0.661. The van der Waals surface area contributed by atoms with Gasteiger partial charge in [0.15, 0.2) is 0 Å². The number of benzene rings is 1. The maximum absolute atomic E-state index is 13.8. The smallest absolute Gasteiger partial charge is 0.229 e. The first kappa shape index (κ1) is 17.8. The second kappa shape index (κ2) is 8.38. The van der Waals surface area contributed by atoms with Crippen molar-refractivity contribution in [2.75, 3.05) is 6.54 Å². The first-order valence-corrected chi connectivity index (χ1v) is 8.50. The Hall–Kier alpha value is -3.02. The molecule has 1 N–H and O–H groups in total. The number of oxazole rings is 1. The van der Waals surface area contributed by atoms with Gasteiger partial charge in [-0.05, 0) is 43.5 Å².